The lowest BCUT2D eigenvalue weighted by atomic mass is 10.0. The summed E-state index contributed by atoms with van der Waals surface area (Å²) in [5, 5.41) is 0. The fraction of sp³-hybridized carbons (Fsp3) is 0.278. The van der Waals surface area contributed by atoms with Crippen molar-refractivity contribution in [3.8, 4) is 11.1 Å². The van der Waals surface area contributed by atoms with Crippen LogP contribution in [0.25, 0.3) is 11.1 Å². The van der Waals surface area contributed by atoms with Crippen molar-refractivity contribution in [3.63, 3.8) is 0 Å². The molecule has 2 N–H and O–H groups in total. The van der Waals surface area contributed by atoms with E-state index in [1.54, 1.807) is 0 Å². The van der Waals surface area contributed by atoms with E-state index in [9.17, 15) is 0 Å². The molecule has 0 heterocycles. The van der Waals surface area contributed by atoms with Crippen molar-refractivity contribution in [2.75, 3.05) is 0 Å². The first-order valence-corrected chi connectivity index (χ1v) is 7.33. The van der Waals surface area contributed by atoms with Crippen LogP contribution in [0.2, 0.25) is 0 Å². The molecule has 0 aliphatic heterocycles. The third-order valence-corrected chi connectivity index (χ3v) is 4.01. The first-order chi connectivity index (χ1) is 9.84. The maximum absolute atomic E-state index is 6.21. The Labute approximate surface area is 120 Å². The molecule has 1 aliphatic rings. The van der Waals surface area contributed by atoms with Crippen molar-refractivity contribution in [2.24, 2.45) is 16.6 Å². The lowest BCUT2D eigenvalue weighted by Crippen LogP contribution is -2.20. The molecule has 2 heteroatoms. The number of aliphatic imine (C=N–C) groups is 1. The number of para-hydroxylation sites is 1. The van der Waals surface area contributed by atoms with Gasteiger partial charge in [-0.3, -0.25) is 0 Å². The summed E-state index contributed by atoms with van der Waals surface area (Å²) in [6, 6.07) is 18.6. The minimum Gasteiger partial charge on any atom is -0.387 e. The van der Waals surface area contributed by atoms with Crippen LogP contribution >= 0.6 is 0 Å². The molecule has 0 spiro atoms. The van der Waals surface area contributed by atoms with Crippen LogP contribution in [0.3, 0.4) is 0 Å². The number of hydrogen-bond donors (Lipinski definition) is 1. The molecule has 0 unspecified atom stereocenters. The molecule has 0 saturated heterocycles. The topological polar surface area (TPSA) is 38.4 Å². The van der Waals surface area contributed by atoms with E-state index in [0.717, 1.165) is 17.1 Å². The second-order valence-electron chi connectivity index (χ2n) is 5.40. The Morgan fingerprint density at radius 3 is 2.30 bits per heavy atom. The summed E-state index contributed by atoms with van der Waals surface area (Å²) >= 11 is 0. The first kappa shape index (κ1) is 12.9. The van der Waals surface area contributed by atoms with Gasteiger partial charge in [-0.05, 0) is 24.5 Å². The molecule has 0 aromatic heterocycles. The van der Waals surface area contributed by atoms with Crippen LogP contribution < -0.4 is 5.73 Å². The maximum atomic E-state index is 6.21. The summed E-state index contributed by atoms with van der Waals surface area (Å²) in [7, 11) is 0. The third-order valence-electron chi connectivity index (χ3n) is 4.01. The molecule has 0 amide bonds. The second kappa shape index (κ2) is 5.91. The number of nitrogens with zero attached hydrogens (tertiary/aromatic N) is 1. The zero-order valence-electron chi connectivity index (χ0n) is 11.6. The van der Waals surface area contributed by atoms with Crippen LogP contribution in [-0.4, -0.2) is 5.84 Å². The van der Waals surface area contributed by atoms with E-state index in [0.29, 0.717) is 5.92 Å². The van der Waals surface area contributed by atoms with Crippen LogP contribution in [0.15, 0.2) is 59.6 Å². The Morgan fingerprint density at radius 1 is 0.900 bits per heavy atom. The number of hydrogen-bond acceptors (Lipinski definition) is 1. The Hall–Kier alpha value is -2.09. The predicted octanol–water partition coefficient (Wildman–Crippen LogP) is 4.53. The van der Waals surface area contributed by atoms with Gasteiger partial charge in [0.2, 0.25) is 0 Å². The molecule has 3 rings (SSSR count). The largest absolute Gasteiger partial charge is 0.387 e. The van der Waals surface area contributed by atoms with E-state index < -0.39 is 0 Å². The summed E-state index contributed by atoms with van der Waals surface area (Å²) in [5.41, 5.74) is 9.52. The van der Waals surface area contributed by atoms with Crippen molar-refractivity contribution in [1.82, 2.24) is 0 Å². The van der Waals surface area contributed by atoms with Gasteiger partial charge in [-0.1, -0.05) is 61.4 Å². The highest BCUT2D eigenvalue weighted by atomic mass is 14.9. The zero-order chi connectivity index (χ0) is 13.8. The molecular weight excluding hydrogens is 244 g/mol. The fourth-order valence-corrected chi connectivity index (χ4v) is 2.88. The number of benzene rings is 2. The summed E-state index contributed by atoms with van der Waals surface area (Å²) in [6.45, 7) is 0. The molecule has 2 aromatic carbocycles. The van der Waals surface area contributed by atoms with Crippen LogP contribution in [0.5, 0.6) is 0 Å². The second-order valence-corrected chi connectivity index (χ2v) is 5.40. The van der Waals surface area contributed by atoms with Crippen molar-refractivity contribution in [1.29, 1.82) is 0 Å². The Kier molecular flexibility index (Phi) is 3.82. The number of amidine groups is 1. The molecule has 0 radical (unpaired) electrons. The van der Waals surface area contributed by atoms with Crippen LogP contribution in [0.4, 0.5) is 5.69 Å². The summed E-state index contributed by atoms with van der Waals surface area (Å²) in [5.74, 6) is 1.27. The van der Waals surface area contributed by atoms with E-state index in [-0.39, 0.29) is 0 Å². The van der Waals surface area contributed by atoms with E-state index in [1.807, 2.05) is 24.3 Å². The normalized spacial score (nSPS) is 16.5. The van der Waals surface area contributed by atoms with Gasteiger partial charge in [0.25, 0.3) is 0 Å². The summed E-state index contributed by atoms with van der Waals surface area (Å²) < 4.78 is 0. The molecular formula is C18H20N2. The van der Waals surface area contributed by atoms with Crippen LogP contribution in [-0.2, 0) is 0 Å². The van der Waals surface area contributed by atoms with Gasteiger partial charge in [-0.25, -0.2) is 4.99 Å². The zero-order valence-corrected chi connectivity index (χ0v) is 11.6. The molecule has 102 valence electrons. The number of rotatable bonds is 3. The first-order valence-electron chi connectivity index (χ1n) is 7.33. The maximum Gasteiger partial charge on any atom is 0.103 e. The minimum absolute atomic E-state index is 0.471. The minimum atomic E-state index is 0.471. The lowest BCUT2D eigenvalue weighted by Gasteiger charge is -2.10. The van der Waals surface area contributed by atoms with Crippen molar-refractivity contribution in [3.05, 3.63) is 54.6 Å². The molecule has 2 nitrogen and oxygen atoms in total. The Morgan fingerprint density at radius 2 is 1.55 bits per heavy atom. The highest BCUT2D eigenvalue weighted by molar-refractivity contribution is 5.88. The van der Waals surface area contributed by atoms with Gasteiger partial charge in [-0.15, -0.1) is 0 Å². The predicted molar refractivity (Wildman–Crippen MR) is 85.1 cm³/mol. The SMILES string of the molecule is NC(=Nc1ccccc1-c1ccccc1)C1CCCC1. The number of nitrogens with two attached hydrogens (primary N) is 1. The van der Waals surface area contributed by atoms with E-state index in [1.165, 1.54) is 31.2 Å². The van der Waals surface area contributed by atoms with Crippen molar-refractivity contribution < 1.29 is 0 Å². The molecule has 20 heavy (non-hydrogen) atoms. The lowest BCUT2D eigenvalue weighted by molar-refractivity contribution is 0.722. The highest BCUT2D eigenvalue weighted by Gasteiger charge is 2.18. The van der Waals surface area contributed by atoms with Gasteiger partial charge in [-0.2, -0.15) is 0 Å². The molecule has 0 bridgehead atoms. The smallest absolute Gasteiger partial charge is 0.103 e. The van der Waals surface area contributed by atoms with E-state index in [2.05, 4.69) is 30.3 Å². The standard InChI is InChI=1S/C18H20N2/c19-18(15-10-4-5-11-15)20-17-13-7-6-12-16(17)14-8-2-1-3-9-14/h1-3,6-9,12-13,15H,4-5,10-11H2,(H2,19,20). The molecule has 1 aliphatic carbocycles. The van der Waals surface area contributed by atoms with E-state index >= 15 is 0 Å². The van der Waals surface area contributed by atoms with Gasteiger partial charge in [0.05, 0.1) is 5.69 Å². The van der Waals surface area contributed by atoms with Crippen LogP contribution in [0, 0.1) is 5.92 Å². The average molecular weight is 264 g/mol. The van der Waals surface area contributed by atoms with Crippen molar-refractivity contribution >= 4 is 11.5 Å². The van der Waals surface area contributed by atoms with Gasteiger partial charge < -0.3 is 5.73 Å². The summed E-state index contributed by atoms with van der Waals surface area (Å²) in [6.07, 6.45) is 4.92. The fourth-order valence-electron chi connectivity index (χ4n) is 2.88. The van der Waals surface area contributed by atoms with Gasteiger partial charge in [0, 0.05) is 11.5 Å². The van der Waals surface area contributed by atoms with Gasteiger partial charge in [0.1, 0.15) is 5.84 Å². The molecule has 2 aromatic rings. The Balaban J connectivity index is 1.96. The molecule has 0 atom stereocenters. The van der Waals surface area contributed by atoms with Crippen LogP contribution in [0.1, 0.15) is 25.7 Å². The molecule has 1 fully saturated rings. The van der Waals surface area contributed by atoms with Gasteiger partial charge in [0.15, 0.2) is 0 Å². The molecule has 1 saturated carbocycles. The van der Waals surface area contributed by atoms with E-state index in [4.69, 9.17) is 10.7 Å². The summed E-state index contributed by atoms with van der Waals surface area (Å²) in [4.78, 5) is 4.71. The van der Waals surface area contributed by atoms with Gasteiger partial charge >= 0.3 is 0 Å². The van der Waals surface area contributed by atoms with Crippen molar-refractivity contribution in [2.45, 2.75) is 25.7 Å². The Bertz CT molecular complexity index is 596. The third kappa shape index (κ3) is 2.74. The quantitative estimate of drug-likeness (QED) is 0.642. The average Bonchev–Trinajstić information content (AvgIpc) is 3.03. The monoisotopic (exact) mass is 264 g/mol. The highest BCUT2D eigenvalue weighted by Crippen LogP contribution is 2.31.